The molecular formula is C22H26N2O3S. The number of hydrogen-bond acceptors (Lipinski definition) is 6. The van der Waals surface area contributed by atoms with Crippen molar-refractivity contribution in [2.24, 2.45) is 0 Å². The Morgan fingerprint density at radius 2 is 1.71 bits per heavy atom. The molecule has 0 saturated carbocycles. The predicted octanol–water partition coefficient (Wildman–Crippen LogP) is 5.92. The third kappa shape index (κ3) is 4.57. The van der Waals surface area contributed by atoms with Crippen LogP contribution in [-0.4, -0.2) is 25.8 Å². The van der Waals surface area contributed by atoms with Crippen molar-refractivity contribution in [3.8, 4) is 28.5 Å². The summed E-state index contributed by atoms with van der Waals surface area (Å²) in [4.78, 5) is 6.12. The van der Waals surface area contributed by atoms with Gasteiger partial charge in [0.1, 0.15) is 5.75 Å². The van der Waals surface area contributed by atoms with E-state index in [-0.39, 0.29) is 0 Å². The van der Waals surface area contributed by atoms with Gasteiger partial charge in [0.25, 0.3) is 0 Å². The lowest BCUT2D eigenvalue weighted by molar-refractivity contribution is 0.340. The van der Waals surface area contributed by atoms with Crippen molar-refractivity contribution in [1.29, 1.82) is 0 Å². The van der Waals surface area contributed by atoms with Crippen LogP contribution in [0.15, 0.2) is 42.5 Å². The lowest BCUT2D eigenvalue weighted by Gasteiger charge is -2.09. The van der Waals surface area contributed by atoms with E-state index in [0.29, 0.717) is 18.1 Å². The molecule has 0 bridgehead atoms. The normalized spacial score (nSPS) is 10.6. The fraction of sp³-hybridized carbons (Fsp3) is 0.318. The molecule has 0 aliphatic carbocycles. The summed E-state index contributed by atoms with van der Waals surface area (Å²) in [5.41, 5.74) is 3.00. The number of anilines is 2. The first-order chi connectivity index (χ1) is 13.7. The van der Waals surface area contributed by atoms with E-state index in [9.17, 15) is 0 Å². The molecule has 0 aliphatic heterocycles. The first-order valence-electron chi connectivity index (χ1n) is 9.40. The van der Waals surface area contributed by atoms with Crippen molar-refractivity contribution in [3.05, 3.63) is 47.3 Å². The number of aromatic nitrogens is 1. The largest absolute Gasteiger partial charge is 0.494 e. The standard InChI is InChI=1S/C22H26N2O3S/c1-5-7-20-21(15-8-13-18(25-3)19(14-15)26-4)24-22(28-20)23-16-9-11-17(12-10-16)27-6-2/h8-14H,5-7H2,1-4H3,(H,23,24). The Balaban J connectivity index is 1.89. The van der Waals surface area contributed by atoms with Crippen LogP contribution in [0, 0.1) is 0 Å². The summed E-state index contributed by atoms with van der Waals surface area (Å²) in [7, 11) is 3.29. The molecule has 1 heterocycles. The lowest BCUT2D eigenvalue weighted by atomic mass is 10.1. The van der Waals surface area contributed by atoms with Crippen molar-refractivity contribution in [3.63, 3.8) is 0 Å². The first-order valence-corrected chi connectivity index (χ1v) is 10.2. The molecule has 5 nitrogen and oxygen atoms in total. The molecule has 28 heavy (non-hydrogen) atoms. The minimum atomic E-state index is 0.661. The highest BCUT2D eigenvalue weighted by Gasteiger charge is 2.15. The summed E-state index contributed by atoms with van der Waals surface area (Å²) in [5, 5.41) is 4.28. The minimum absolute atomic E-state index is 0.661. The summed E-state index contributed by atoms with van der Waals surface area (Å²) >= 11 is 1.69. The molecule has 148 valence electrons. The highest BCUT2D eigenvalue weighted by Crippen LogP contribution is 2.37. The van der Waals surface area contributed by atoms with Gasteiger partial charge in [-0.3, -0.25) is 0 Å². The molecule has 1 aromatic heterocycles. The van der Waals surface area contributed by atoms with Crippen molar-refractivity contribution < 1.29 is 14.2 Å². The highest BCUT2D eigenvalue weighted by molar-refractivity contribution is 7.16. The molecule has 0 fully saturated rings. The van der Waals surface area contributed by atoms with E-state index in [2.05, 4.69) is 12.2 Å². The fourth-order valence-corrected chi connectivity index (χ4v) is 4.04. The number of rotatable bonds is 9. The van der Waals surface area contributed by atoms with E-state index in [1.54, 1.807) is 25.6 Å². The van der Waals surface area contributed by atoms with Crippen LogP contribution in [0.2, 0.25) is 0 Å². The van der Waals surface area contributed by atoms with Gasteiger partial charge in [0, 0.05) is 16.1 Å². The third-order valence-corrected chi connectivity index (χ3v) is 5.28. The topological polar surface area (TPSA) is 52.6 Å². The van der Waals surface area contributed by atoms with Gasteiger partial charge in [0.15, 0.2) is 16.6 Å². The van der Waals surface area contributed by atoms with Crippen LogP contribution in [0.25, 0.3) is 11.3 Å². The number of hydrogen-bond donors (Lipinski definition) is 1. The Hall–Kier alpha value is -2.73. The Kier molecular flexibility index (Phi) is 6.76. The molecule has 0 unspecified atom stereocenters. The summed E-state index contributed by atoms with van der Waals surface area (Å²) < 4.78 is 16.3. The van der Waals surface area contributed by atoms with Crippen molar-refractivity contribution in [1.82, 2.24) is 4.98 Å². The molecule has 0 aliphatic rings. The van der Waals surface area contributed by atoms with Crippen LogP contribution < -0.4 is 19.5 Å². The van der Waals surface area contributed by atoms with Gasteiger partial charge in [-0.1, -0.05) is 13.3 Å². The van der Waals surface area contributed by atoms with Crippen molar-refractivity contribution in [2.75, 3.05) is 26.1 Å². The molecular weight excluding hydrogens is 372 g/mol. The summed E-state index contributed by atoms with van der Waals surface area (Å²) in [5.74, 6) is 2.28. The quantitative estimate of drug-likeness (QED) is 0.485. The monoisotopic (exact) mass is 398 g/mol. The molecule has 0 atom stereocenters. The Morgan fingerprint density at radius 1 is 0.964 bits per heavy atom. The number of nitrogens with zero attached hydrogens (tertiary/aromatic N) is 1. The highest BCUT2D eigenvalue weighted by atomic mass is 32.1. The SMILES string of the molecule is CCCc1sc(Nc2ccc(OCC)cc2)nc1-c1ccc(OC)c(OC)c1. The molecule has 0 spiro atoms. The van der Waals surface area contributed by atoms with Gasteiger partial charge < -0.3 is 19.5 Å². The van der Waals surface area contributed by atoms with Crippen LogP contribution in [0.3, 0.4) is 0 Å². The average molecular weight is 399 g/mol. The zero-order valence-electron chi connectivity index (χ0n) is 16.7. The van der Waals surface area contributed by atoms with Gasteiger partial charge in [-0.25, -0.2) is 4.98 Å². The molecule has 0 amide bonds. The molecule has 1 N–H and O–H groups in total. The Morgan fingerprint density at radius 3 is 2.36 bits per heavy atom. The first kappa shape index (κ1) is 20.0. The zero-order valence-corrected chi connectivity index (χ0v) is 17.6. The van der Waals surface area contributed by atoms with Gasteiger partial charge in [-0.05, 0) is 55.8 Å². The predicted molar refractivity (Wildman–Crippen MR) is 116 cm³/mol. The lowest BCUT2D eigenvalue weighted by Crippen LogP contribution is -1.93. The summed E-state index contributed by atoms with van der Waals surface area (Å²) in [6.45, 7) is 4.82. The Labute approximate surface area is 170 Å². The Bertz CT molecular complexity index is 907. The second-order valence-electron chi connectivity index (χ2n) is 6.19. The van der Waals surface area contributed by atoms with Gasteiger partial charge in [-0.2, -0.15) is 0 Å². The van der Waals surface area contributed by atoms with E-state index >= 15 is 0 Å². The van der Waals surface area contributed by atoms with Gasteiger partial charge in [-0.15, -0.1) is 11.3 Å². The second-order valence-corrected chi connectivity index (χ2v) is 7.28. The summed E-state index contributed by atoms with van der Waals surface area (Å²) in [6, 6.07) is 13.8. The maximum atomic E-state index is 5.50. The van der Waals surface area contributed by atoms with Crippen LogP contribution in [0.4, 0.5) is 10.8 Å². The summed E-state index contributed by atoms with van der Waals surface area (Å²) in [6.07, 6.45) is 2.04. The number of benzene rings is 2. The molecule has 3 rings (SSSR count). The van der Waals surface area contributed by atoms with Crippen molar-refractivity contribution >= 4 is 22.2 Å². The number of thiazole rings is 1. The molecule has 0 saturated heterocycles. The fourth-order valence-electron chi connectivity index (χ4n) is 2.94. The molecule has 3 aromatic rings. The second kappa shape index (κ2) is 9.46. The maximum absolute atomic E-state index is 5.50. The van der Waals surface area contributed by atoms with Crippen LogP contribution in [0.1, 0.15) is 25.1 Å². The third-order valence-electron chi connectivity index (χ3n) is 4.25. The van der Waals surface area contributed by atoms with Crippen LogP contribution in [-0.2, 0) is 6.42 Å². The van der Waals surface area contributed by atoms with Crippen molar-refractivity contribution in [2.45, 2.75) is 26.7 Å². The van der Waals surface area contributed by atoms with E-state index in [1.165, 1.54) is 4.88 Å². The van der Waals surface area contributed by atoms with Crippen LogP contribution in [0.5, 0.6) is 17.2 Å². The molecule has 0 radical (unpaired) electrons. The maximum Gasteiger partial charge on any atom is 0.187 e. The number of ether oxygens (including phenoxy) is 3. The van der Waals surface area contributed by atoms with E-state index in [0.717, 1.165) is 40.7 Å². The number of nitrogens with one attached hydrogen (secondary N) is 1. The zero-order chi connectivity index (χ0) is 19.9. The van der Waals surface area contributed by atoms with E-state index in [1.807, 2.05) is 49.4 Å². The van der Waals surface area contributed by atoms with E-state index in [4.69, 9.17) is 19.2 Å². The van der Waals surface area contributed by atoms with Gasteiger partial charge in [0.2, 0.25) is 0 Å². The molecule has 6 heteroatoms. The molecule has 2 aromatic carbocycles. The average Bonchev–Trinajstić information content (AvgIpc) is 3.11. The van der Waals surface area contributed by atoms with Gasteiger partial charge >= 0.3 is 0 Å². The van der Waals surface area contributed by atoms with Gasteiger partial charge in [0.05, 0.1) is 26.5 Å². The van der Waals surface area contributed by atoms with Crippen LogP contribution >= 0.6 is 11.3 Å². The number of aryl methyl sites for hydroxylation is 1. The van der Waals surface area contributed by atoms with E-state index < -0.39 is 0 Å². The number of methoxy groups -OCH3 is 2. The minimum Gasteiger partial charge on any atom is -0.494 e. The smallest absolute Gasteiger partial charge is 0.187 e.